The molecule has 1 aliphatic heterocycles. The maximum atomic E-state index is 13.5. The van der Waals surface area contributed by atoms with Crippen molar-refractivity contribution in [3.05, 3.63) is 120 Å². The van der Waals surface area contributed by atoms with E-state index in [1.807, 2.05) is 84.9 Å². The van der Waals surface area contributed by atoms with Crippen LogP contribution in [0.4, 0.5) is 5.69 Å². The molecule has 4 nitrogen and oxygen atoms in total. The van der Waals surface area contributed by atoms with Gasteiger partial charge in [0.15, 0.2) is 11.4 Å². The molecule has 33 heavy (non-hydrogen) atoms. The zero-order chi connectivity index (χ0) is 22.8. The third kappa shape index (κ3) is 3.86. The van der Waals surface area contributed by atoms with Crippen LogP contribution < -0.4 is 4.90 Å². The van der Waals surface area contributed by atoms with Gasteiger partial charge in [-0.15, -0.1) is 0 Å². The number of benzene rings is 4. The van der Waals surface area contributed by atoms with Crippen molar-refractivity contribution in [2.24, 2.45) is 0 Å². The van der Waals surface area contributed by atoms with Crippen molar-refractivity contribution in [1.29, 1.82) is 0 Å². The molecule has 0 saturated carbocycles. The van der Waals surface area contributed by atoms with Crippen molar-refractivity contribution in [3.63, 3.8) is 0 Å². The molecular formula is C29H23NO3. The Morgan fingerprint density at radius 1 is 0.848 bits per heavy atom. The average Bonchev–Trinajstić information content (AvgIpc) is 3.05. The number of aliphatic hydroxyl groups is 1. The van der Waals surface area contributed by atoms with E-state index >= 15 is 0 Å². The Hall–Kier alpha value is -4.02. The molecule has 162 valence electrons. The van der Waals surface area contributed by atoms with E-state index in [2.05, 4.69) is 0 Å². The Labute approximate surface area is 192 Å². The predicted octanol–water partition coefficient (Wildman–Crippen LogP) is 5.25. The summed E-state index contributed by atoms with van der Waals surface area (Å²) in [6, 6.07) is 30.6. The monoisotopic (exact) mass is 433 g/mol. The third-order valence-electron chi connectivity index (χ3n) is 6.14. The van der Waals surface area contributed by atoms with Crippen molar-refractivity contribution >= 4 is 34.2 Å². The van der Waals surface area contributed by atoms with Gasteiger partial charge in [0.05, 0.1) is 18.7 Å². The van der Waals surface area contributed by atoms with Crippen molar-refractivity contribution in [2.75, 3.05) is 4.90 Å². The number of hydrogen-bond donors (Lipinski definition) is 1. The fraction of sp³-hybridized carbons (Fsp3) is 0.103. The molecule has 1 N–H and O–H groups in total. The molecule has 4 aromatic carbocycles. The second-order valence-electron chi connectivity index (χ2n) is 8.29. The molecule has 1 heterocycles. The lowest BCUT2D eigenvalue weighted by Gasteiger charge is -2.23. The number of carbonyl (C=O) groups excluding carboxylic acids is 2. The molecule has 4 heteroatoms. The first kappa shape index (κ1) is 20.9. The van der Waals surface area contributed by atoms with E-state index in [1.54, 1.807) is 23.1 Å². The zero-order valence-corrected chi connectivity index (χ0v) is 18.0. The number of nitrogens with zero attached hydrogens (tertiary/aromatic N) is 1. The summed E-state index contributed by atoms with van der Waals surface area (Å²) in [5.74, 6) is -0.783. The van der Waals surface area contributed by atoms with Gasteiger partial charge in [-0.3, -0.25) is 9.59 Å². The molecule has 0 bridgehead atoms. The largest absolute Gasteiger partial charge is 0.375 e. The third-order valence-corrected chi connectivity index (χ3v) is 6.14. The first-order chi connectivity index (χ1) is 16.1. The van der Waals surface area contributed by atoms with Crippen LogP contribution in [0.25, 0.3) is 16.8 Å². The van der Waals surface area contributed by atoms with Crippen LogP contribution in [-0.4, -0.2) is 16.8 Å². The van der Waals surface area contributed by atoms with Crippen LogP contribution in [0.15, 0.2) is 103 Å². The predicted molar refractivity (Wildman–Crippen MR) is 131 cm³/mol. The summed E-state index contributed by atoms with van der Waals surface area (Å²) in [6.45, 7) is 0.313. The Morgan fingerprint density at radius 2 is 1.55 bits per heavy atom. The second-order valence-corrected chi connectivity index (χ2v) is 8.29. The molecule has 1 atom stereocenters. The highest BCUT2D eigenvalue weighted by Crippen LogP contribution is 2.43. The van der Waals surface area contributed by atoms with E-state index in [-0.39, 0.29) is 12.2 Å². The maximum Gasteiger partial charge on any atom is 0.264 e. The van der Waals surface area contributed by atoms with Crippen molar-refractivity contribution in [3.8, 4) is 0 Å². The highest BCUT2D eigenvalue weighted by molar-refractivity contribution is 6.10. The number of carbonyl (C=O) groups is 2. The fourth-order valence-corrected chi connectivity index (χ4v) is 4.50. The Bertz CT molecular complexity index is 1370. The van der Waals surface area contributed by atoms with Crippen molar-refractivity contribution in [1.82, 2.24) is 0 Å². The van der Waals surface area contributed by atoms with Gasteiger partial charge >= 0.3 is 0 Å². The van der Waals surface area contributed by atoms with Crippen LogP contribution in [0.1, 0.15) is 23.1 Å². The number of allylic oxidation sites excluding steroid dienone is 1. The molecule has 5 rings (SSSR count). The highest BCUT2D eigenvalue weighted by Gasteiger charge is 2.50. The van der Waals surface area contributed by atoms with E-state index in [9.17, 15) is 14.7 Å². The molecule has 0 aliphatic carbocycles. The van der Waals surface area contributed by atoms with Gasteiger partial charge in [0.1, 0.15) is 0 Å². The number of fused-ring (bicyclic) bond motifs is 2. The average molecular weight is 434 g/mol. The normalized spacial score (nSPS) is 17.6. The summed E-state index contributed by atoms with van der Waals surface area (Å²) in [6.07, 6.45) is 2.82. The van der Waals surface area contributed by atoms with Crippen LogP contribution in [-0.2, 0) is 21.7 Å². The minimum atomic E-state index is -1.89. The highest BCUT2D eigenvalue weighted by atomic mass is 16.3. The fourth-order valence-electron chi connectivity index (χ4n) is 4.50. The number of hydrogen-bond acceptors (Lipinski definition) is 3. The molecule has 0 radical (unpaired) electrons. The zero-order valence-electron chi connectivity index (χ0n) is 18.0. The minimum Gasteiger partial charge on any atom is -0.375 e. The van der Waals surface area contributed by atoms with Crippen LogP contribution in [0.2, 0.25) is 0 Å². The Balaban J connectivity index is 1.45. The molecule has 0 aromatic heterocycles. The summed E-state index contributed by atoms with van der Waals surface area (Å²) in [7, 11) is 0. The van der Waals surface area contributed by atoms with Gasteiger partial charge in [-0.2, -0.15) is 0 Å². The Morgan fingerprint density at radius 3 is 2.39 bits per heavy atom. The van der Waals surface area contributed by atoms with E-state index in [0.29, 0.717) is 17.8 Å². The summed E-state index contributed by atoms with van der Waals surface area (Å²) >= 11 is 0. The SMILES string of the molecule is O=C(/C=C/c1ccccc1)C[C@]1(O)C(=O)N(Cc2cccc3ccccc23)c2ccccc21. The smallest absolute Gasteiger partial charge is 0.264 e. The van der Waals surface area contributed by atoms with Crippen molar-refractivity contribution in [2.45, 2.75) is 18.6 Å². The van der Waals surface area contributed by atoms with Crippen molar-refractivity contribution < 1.29 is 14.7 Å². The second kappa shape index (κ2) is 8.49. The van der Waals surface area contributed by atoms with Gasteiger partial charge in [0.25, 0.3) is 5.91 Å². The number of para-hydroxylation sites is 1. The van der Waals surface area contributed by atoms with Crippen LogP contribution in [0, 0.1) is 0 Å². The summed E-state index contributed by atoms with van der Waals surface area (Å²) in [5.41, 5.74) is 1.08. The minimum absolute atomic E-state index is 0.307. The van der Waals surface area contributed by atoms with Gasteiger partial charge in [0, 0.05) is 5.56 Å². The molecular weight excluding hydrogens is 410 g/mol. The van der Waals surface area contributed by atoms with E-state index in [0.717, 1.165) is 21.9 Å². The lowest BCUT2D eigenvalue weighted by Crippen LogP contribution is -2.41. The summed E-state index contributed by atoms with van der Waals surface area (Å²) < 4.78 is 0. The molecule has 0 saturated heterocycles. The molecule has 0 spiro atoms. The number of anilines is 1. The van der Waals surface area contributed by atoms with Crippen LogP contribution in [0.3, 0.4) is 0 Å². The van der Waals surface area contributed by atoms with Gasteiger partial charge in [-0.05, 0) is 34.0 Å². The van der Waals surface area contributed by atoms with Crippen LogP contribution in [0.5, 0.6) is 0 Å². The van der Waals surface area contributed by atoms with Crippen LogP contribution >= 0.6 is 0 Å². The quantitative estimate of drug-likeness (QED) is 0.423. The molecule has 1 aliphatic rings. The lowest BCUT2D eigenvalue weighted by atomic mass is 9.89. The summed E-state index contributed by atoms with van der Waals surface area (Å²) in [4.78, 5) is 27.9. The van der Waals surface area contributed by atoms with E-state index in [1.165, 1.54) is 6.08 Å². The first-order valence-corrected chi connectivity index (χ1v) is 10.9. The first-order valence-electron chi connectivity index (χ1n) is 10.9. The van der Waals surface area contributed by atoms with E-state index in [4.69, 9.17) is 0 Å². The van der Waals surface area contributed by atoms with E-state index < -0.39 is 11.5 Å². The Kier molecular flexibility index (Phi) is 5.37. The topological polar surface area (TPSA) is 57.6 Å². The molecule has 1 amide bonds. The van der Waals surface area contributed by atoms with Gasteiger partial charge in [-0.1, -0.05) is 97.1 Å². The van der Waals surface area contributed by atoms with Gasteiger partial charge in [0.2, 0.25) is 0 Å². The molecule has 4 aromatic rings. The number of rotatable bonds is 6. The van der Waals surface area contributed by atoms with Gasteiger partial charge < -0.3 is 10.0 Å². The van der Waals surface area contributed by atoms with Gasteiger partial charge in [-0.25, -0.2) is 0 Å². The standard InChI is InChI=1S/C29H23NO3/c31-24(18-17-21-9-2-1-3-10-21)19-29(33)26-15-6-7-16-27(26)30(28(29)32)20-23-13-8-12-22-11-4-5-14-25(22)23/h1-18,33H,19-20H2/b18-17+/t29-/m1/s1. The number of amides is 1. The summed E-state index contributed by atoms with van der Waals surface area (Å²) in [5, 5.41) is 13.6. The maximum absolute atomic E-state index is 13.5. The lowest BCUT2D eigenvalue weighted by molar-refractivity contribution is -0.140. The molecule has 0 fully saturated rings. The number of ketones is 1. The molecule has 0 unspecified atom stereocenters.